The maximum atomic E-state index is 12.0. The summed E-state index contributed by atoms with van der Waals surface area (Å²) in [6.07, 6.45) is 10.5. The minimum absolute atomic E-state index is 0.601. The Balaban J connectivity index is 3.00. The Morgan fingerprint density at radius 1 is 0.786 bits per heavy atom. The second-order valence-corrected chi connectivity index (χ2v) is 8.92. The van der Waals surface area contributed by atoms with E-state index in [1.807, 2.05) is 12.1 Å². The Labute approximate surface area is 170 Å². The third-order valence-electron chi connectivity index (χ3n) is 5.82. The fourth-order valence-electron chi connectivity index (χ4n) is 3.74. The van der Waals surface area contributed by atoms with Gasteiger partial charge < -0.3 is 10.2 Å². The quantitative estimate of drug-likeness (QED) is 0.399. The predicted octanol–water partition coefficient (Wildman–Crippen LogP) is 6.09. The summed E-state index contributed by atoms with van der Waals surface area (Å²) in [6.45, 7) is 8.85. The fraction of sp³-hybridized carbons (Fsp3) is 0.667. The van der Waals surface area contributed by atoms with Crippen LogP contribution in [0, 0.1) is 0 Å². The van der Waals surface area contributed by atoms with E-state index in [0.29, 0.717) is 11.1 Å². The van der Waals surface area contributed by atoms with Crippen molar-refractivity contribution >= 4 is 11.9 Å². The minimum atomic E-state index is -1.14. The zero-order valence-electron chi connectivity index (χ0n) is 18.3. The van der Waals surface area contributed by atoms with Crippen LogP contribution in [-0.4, -0.2) is 22.2 Å². The largest absolute Gasteiger partial charge is 0.481 e. The summed E-state index contributed by atoms with van der Waals surface area (Å²) in [5.41, 5.74) is -0.0524. The van der Waals surface area contributed by atoms with Crippen LogP contribution in [0.1, 0.15) is 103 Å². The van der Waals surface area contributed by atoms with Crippen LogP contribution < -0.4 is 0 Å². The highest BCUT2D eigenvalue weighted by atomic mass is 16.4. The van der Waals surface area contributed by atoms with Crippen molar-refractivity contribution in [2.75, 3.05) is 0 Å². The van der Waals surface area contributed by atoms with Crippen molar-refractivity contribution in [1.82, 2.24) is 0 Å². The molecule has 2 N–H and O–H groups in total. The highest BCUT2D eigenvalue weighted by molar-refractivity contribution is 5.85. The molecular weight excluding hydrogens is 352 g/mol. The van der Waals surface area contributed by atoms with Gasteiger partial charge in [0.05, 0.1) is 10.8 Å². The van der Waals surface area contributed by atoms with E-state index >= 15 is 0 Å². The number of rotatable bonds is 13. The molecule has 0 aliphatic carbocycles. The van der Waals surface area contributed by atoms with Crippen molar-refractivity contribution in [3.05, 3.63) is 34.9 Å². The molecule has 4 nitrogen and oxygen atoms in total. The van der Waals surface area contributed by atoms with Crippen molar-refractivity contribution in [2.45, 2.75) is 103 Å². The molecule has 4 heteroatoms. The van der Waals surface area contributed by atoms with Gasteiger partial charge in [-0.25, -0.2) is 0 Å². The average Bonchev–Trinajstić information content (AvgIpc) is 2.63. The van der Waals surface area contributed by atoms with Gasteiger partial charge in [-0.1, -0.05) is 70.1 Å². The molecule has 0 unspecified atom stereocenters. The molecule has 1 aromatic rings. The summed E-state index contributed by atoms with van der Waals surface area (Å²) in [6, 6.07) is 5.59. The highest BCUT2D eigenvalue weighted by Crippen LogP contribution is 2.37. The third kappa shape index (κ3) is 6.08. The Morgan fingerprint density at radius 2 is 1.29 bits per heavy atom. The number of aryl methyl sites for hydroxylation is 1. The Morgan fingerprint density at radius 3 is 1.79 bits per heavy atom. The van der Waals surface area contributed by atoms with Gasteiger partial charge in [-0.15, -0.1) is 0 Å². The molecule has 0 saturated heterocycles. The van der Waals surface area contributed by atoms with Crippen LogP contribution in [0.3, 0.4) is 0 Å². The van der Waals surface area contributed by atoms with Crippen molar-refractivity contribution in [2.24, 2.45) is 0 Å². The second kappa shape index (κ2) is 10.6. The van der Waals surface area contributed by atoms with Crippen LogP contribution in [0.4, 0.5) is 0 Å². The zero-order valence-corrected chi connectivity index (χ0v) is 18.3. The van der Waals surface area contributed by atoms with Crippen LogP contribution in [0.5, 0.6) is 0 Å². The lowest BCUT2D eigenvalue weighted by Crippen LogP contribution is -2.37. The van der Waals surface area contributed by atoms with E-state index in [1.165, 1.54) is 38.5 Å². The van der Waals surface area contributed by atoms with Gasteiger partial charge in [0, 0.05) is 0 Å². The first kappa shape index (κ1) is 24.2. The first-order valence-electron chi connectivity index (χ1n) is 10.7. The molecule has 1 aromatic carbocycles. The number of benzene rings is 1. The van der Waals surface area contributed by atoms with Gasteiger partial charge in [-0.2, -0.15) is 0 Å². The average molecular weight is 391 g/mol. The Kier molecular flexibility index (Phi) is 9.19. The van der Waals surface area contributed by atoms with Gasteiger partial charge in [0.25, 0.3) is 0 Å². The monoisotopic (exact) mass is 390 g/mol. The molecule has 1 rings (SSSR count). The summed E-state index contributed by atoms with van der Waals surface area (Å²) in [7, 11) is 0. The molecule has 0 amide bonds. The molecule has 0 spiro atoms. The van der Waals surface area contributed by atoms with Gasteiger partial charge in [-0.05, 0) is 57.2 Å². The number of carboxylic acid groups (broad SMARTS) is 2. The molecule has 0 fully saturated rings. The van der Waals surface area contributed by atoms with E-state index in [-0.39, 0.29) is 0 Å². The van der Waals surface area contributed by atoms with E-state index < -0.39 is 22.8 Å². The zero-order chi connectivity index (χ0) is 21.4. The topological polar surface area (TPSA) is 74.6 Å². The maximum Gasteiger partial charge on any atom is 0.313 e. The molecule has 0 aliphatic heterocycles. The second-order valence-electron chi connectivity index (χ2n) is 8.92. The number of carboxylic acids is 2. The number of aliphatic carboxylic acids is 2. The lowest BCUT2D eigenvalue weighted by molar-refractivity contribution is -0.144. The van der Waals surface area contributed by atoms with Crippen molar-refractivity contribution < 1.29 is 19.8 Å². The molecule has 0 aromatic heterocycles. The van der Waals surface area contributed by atoms with Crippen molar-refractivity contribution in [3.63, 3.8) is 0 Å². The van der Waals surface area contributed by atoms with Crippen LogP contribution in [0.2, 0.25) is 0 Å². The van der Waals surface area contributed by atoms with Crippen LogP contribution in [0.15, 0.2) is 18.2 Å². The highest BCUT2D eigenvalue weighted by Gasteiger charge is 2.40. The maximum absolute atomic E-state index is 12.0. The predicted molar refractivity (Wildman–Crippen MR) is 114 cm³/mol. The first-order valence-corrected chi connectivity index (χ1v) is 10.7. The summed E-state index contributed by atoms with van der Waals surface area (Å²) in [5.74, 6) is -1.88. The minimum Gasteiger partial charge on any atom is -0.481 e. The van der Waals surface area contributed by atoms with Crippen LogP contribution in [-0.2, 0) is 26.8 Å². The van der Waals surface area contributed by atoms with Gasteiger partial charge in [-0.3, -0.25) is 9.59 Å². The Hall–Kier alpha value is -1.84. The van der Waals surface area contributed by atoms with Gasteiger partial charge in [0.2, 0.25) is 0 Å². The molecule has 158 valence electrons. The van der Waals surface area contributed by atoms with Crippen molar-refractivity contribution in [1.29, 1.82) is 0 Å². The van der Waals surface area contributed by atoms with Crippen LogP contribution >= 0.6 is 0 Å². The number of unbranched alkanes of at least 4 members (excludes halogenated alkanes) is 7. The fourth-order valence-corrected chi connectivity index (χ4v) is 3.74. The number of carbonyl (C=O) groups is 2. The van der Waals surface area contributed by atoms with E-state index in [2.05, 4.69) is 6.92 Å². The van der Waals surface area contributed by atoms with Gasteiger partial charge >= 0.3 is 11.9 Å². The third-order valence-corrected chi connectivity index (χ3v) is 5.82. The van der Waals surface area contributed by atoms with E-state index in [4.69, 9.17) is 0 Å². The van der Waals surface area contributed by atoms with Gasteiger partial charge in [0.1, 0.15) is 0 Å². The molecular formula is C24H38O4. The molecule has 0 heterocycles. The van der Waals surface area contributed by atoms with E-state index in [0.717, 1.165) is 24.8 Å². The van der Waals surface area contributed by atoms with Gasteiger partial charge in [0.15, 0.2) is 0 Å². The van der Waals surface area contributed by atoms with E-state index in [1.54, 1.807) is 33.8 Å². The molecule has 0 saturated carbocycles. The number of hydrogen-bond acceptors (Lipinski definition) is 2. The molecule has 0 atom stereocenters. The van der Waals surface area contributed by atoms with E-state index in [9.17, 15) is 19.8 Å². The standard InChI is InChI=1S/C24H38O4/c1-6-7-8-9-10-11-12-13-15-18-16-14-17-19(23(2,3)21(25)26)20(18)24(4,5)22(27)28/h14,16-17H,6-13,15H2,1-5H3,(H,25,26)(H,27,28). The molecule has 0 radical (unpaired) electrons. The summed E-state index contributed by atoms with van der Waals surface area (Å²) >= 11 is 0. The Bertz CT molecular complexity index is 659. The number of hydrogen-bond donors (Lipinski definition) is 2. The lowest BCUT2D eigenvalue weighted by Gasteiger charge is -2.32. The summed E-state index contributed by atoms with van der Waals surface area (Å²) < 4.78 is 0. The summed E-state index contributed by atoms with van der Waals surface area (Å²) in [5, 5.41) is 19.5. The normalized spacial score (nSPS) is 12.2. The van der Waals surface area contributed by atoms with Crippen LogP contribution in [0.25, 0.3) is 0 Å². The summed E-state index contributed by atoms with van der Waals surface area (Å²) in [4.78, 5) is 23.8. The SMILES string of the molecule is CCCCCCCCCCc1cccc(C(C)(C)C(=O)O)c1C(C)(C)C(=O)O. The molecule has 0 aliphatic rings. The molecule has 28 heavy (non-hydrogen) atoms. The van der Waals surface area contributed by atoms with Crippen molar-refractivity contribution in [3.8, 4) is 0 Å². The first-order chi connectivity index (χ1) is 13.1. The molecule has 0 bridgehead atoms. The smallest absolute Gasteiger partial charge is 0.313 e. The lowest BCUT2D eigenvalue weighted by atomic mass is 9.71.